The second kappa shape index (κ2) is 5.46. The fraction of sp³-hybridized carbons (Fsp3) is 0.583. The normalized spacial score (nSPS) is 12.9. The molecule has 0 fully saturated rings. The highest BCUT2D eigenvalue weighted by Crippen LogP contribution is 2.20. The molecule has 90 valence electrons. The van der Waals surface area contributed by atoms with Crippen molar-refractivity contribution in [3.8, 4) is 0 Å². The maximum Gasteiger partial charge on any atom is 0.237 e. The Balaban J connectivity index is 2.49. The summed E-state index contributed by atoms with van der Waals surface area (Å²) in [6.07, 6.45) is 0. The molecule has 1 amide bonds. The lowest BCUT2D eigenvalue weighted by atomic mass is 10.1. The van der Waals surface area contributed by atoms with Crippen molar-refractivity contribution in [2.75, 3.05) is 0 Å². The van der Waals surface area contributed by atoms with Crippen LogP contribution in [0.5, 0.6) is 0 Å². The van der Waals surface area contributed by atoms with E-state index in [9.17, 15) is 4.79 Å². The fourth-order valence-corrected chi connectivity index (χ4v) is 2.32. The zero-order valence-electron chi connectivity index (χ0n) is 10.3. The second-order valence-electron chi connectivity index (χ2n) is 4.44. The molecular formula is C12H20N2OS. The summed E-state index contributed by atoms with van der Waals surface area (Å²) in [6, 6.07) is 1.70. The first-order valence-corrected chi connectivity index (χ1v) is 6.32. The zero-order valence-corrected chi connectivity index (χ0v) is 11.1. The summed E-state index contributed by atoms with van der Waals surface area (Å²) >= 11 is 1.72. The maximum atomic E-state index is 11.6. The van der Waals surface area contributed by atoms with Gasteiger partial charge < -0.3 is 11.1 Å². The minimum Gasteiger partial charge on any atom is -0.350 e. The van der Waals surface area contributed by atoms with Crippen molar-refractivity contribution >= 4 is 17.2 Å². The lowest BCUT2D eigenvalue weighted by molar-refractivity contribution is -0.123. The standard InChI is InChI=1S/C12H20N2OS/c1-7(2)11(13)12(15)14-6-10-5-8(3)9(4)16-10/h5,7,11H,6,13H2,1-4H3,(H,14,15). The van der Waals surface area contributed by atoms with Gasteiger partial charge in [-0.05, 0) is 31.4 Å². The van der Waals surface area contributed by atoms with Crippen LogP contribution in [0, 0.1) is 19.8 Å². The van der Waals surface area contributed by atoms with Gasteiger partial charge >= 0.3 is 0 Å². The van der Waals surface area contributed by atoms with Gasteiger partial charge in [0, 0.05) is 9.75 Å². The van der Waals surface area contributed by atoms with Crippen LogP contribution in [0.3, 0.4) is 0 Å². The van der Waals surface area contributed by atoms with Crippen LogP contribution in [0.2, 0.25) is 0 Å². The summed E-state index contributed by atoms with van der Waals surface area (Å²) in [7, 11) is 0. The summed E-state index contributed by atoms with van der Waals surface area (Å²) in [4.78, 5) is 14.1. The highest BCUT2D eigenvalue weighted by atomic mass is 32.1. The molecule has 0 aliphatic rings. The highest BCUT2D eigenvalue weighted by molar-refractivity contribution is 7.12. The van der Waals surface area contributed by atoms with Crippen molar-refractivity contribution in [3.63, 3.8) is 0 Å². The quantitative estimate of drug-likeness (QED) is 0.845. The number of nitrogens with two attached hydrogens (primary N) is 1. The van der Waals surface area contributed by atoms with Crippen molar-refractivity contribution in [1.82, 2.24) is 5.32 Å². The van der Waals surface area contributed by atoms with Gasteiger partial charge in [-0.15, -0.1) is 11.3 Å². The van der Waals surface area contributed by atoms with Crippen LogP contribution in [0.15, 0.2) is 6.07 Å². The van der Waals surface area contributed by atoms with Gasteiger partial charge in [0.1, 0.15) is 0 Å². The molecule has 0 aliphatic carbocycles. The van der Waals surface area contributed by atoms with Gasteiger partial charge in [0.2, 0.25) is 5.91 Å². The summed E-state index contributed by atoms with van der Waals surface area (Å²) in [5.74, 6) is 0.102. The predicted octanol–water partition coefficient (Wildman–Crippen LogP) is 1.96. The molecule has 1 aromatic heterocycles. The van der Waals surface area contributed by atoms with Crippen LogP contribution in [0.25, 0.3) is 0 Å². The first-order valence-electron chi connectivity index (χ1n) is 5.51. The Labute approximate surface area is 101 Å². The summed E-state index contributed by atoms with van der Waals surface area (Å²) in [6.45, 7) is 8.65. The zero-order chi connectivity index (χ0) is 12.3. The van der Waals surface area contributed by atoms with E-state index in [0.29, 0.717) is 6.54 Å². The first-order chi connectivity index (χ1) is 7.41. The maximum absolute atomic E-state index is 11.6. The van der Waals surface area contributed by atoms with Crippen LogP contribution in [0.1, 0.15) is 29.2 Å². The largest absolute Gasteiger partial charge is 0.350 e. The van der Waals surface area contributed by atoms with Gasteiger partial charge in [0.15, 0.2) is 0 Å². The number of carbonyl (C=O) groups is 1. The molecule has 4 heteroatoms. The Bertz CT molecular complexity index is 352. The Morgan fingerprint density at radius 3 is 2.56 bits per heavy atom. The molecule has 1 rings (SSSR count). The first kappa shape index (κ1) is 13.2. The molecule has 0 aliphatic heterocycles. The number of thiophene rings is 1. The lowest BCUT2D eigenvalue weighted by Crippen LogP contribution is -2.43. The number of nitrogens with one attached hydrogen (secondary N) is 1. The minimum atomic E-state index is -0.415. The van der Waals surface area contributed by atoms with Crippen LogP contribution < -0.4 is 11.1 Å². The molecule has 0 bridgehead atoms. The molecule has 0 aromatic carbocycles. The second-order valence-corrected chi connectivity index (χ2v) is 5.78. The van der Waals surface area contributed by atoms with E-state index in [1.165, 1.54) is 15.3 Å². The van der Waals surface area contributed by atoms with Gasteiger partial charge in [0.05, 0.1) is 12.6 Å². The summed E-state index contributed by atoms with van der Waals surface area (Å²) in [5, 5.41) is 2.87. The monoisotopic (exact) mass is 240 g/mol. The summed E-state index contributed by atoms with van der Waals surface area (Å²) in [5.41, 5.74) is 7.03. The van der Waals surface area contributed by atoms with Gasteiger partial charge in [-0.2, -0.15) is 0 Å². The Morgan fingerprint density at radius 2 is 2.12 bits per heavy atom. The fourth-order valence-electron chi connectivity index (χ4n) is 1.33. The highest BCUT2D eigenvalue weighted by Gasteiger charge is 2.16. The van der Waals surface area contributed by atoms with Crippen LogP contribution in [-0.4, -0.2) is 11.9 Å². The Hall–Kier alpha value is -0.870. The SMILES string of the molecule is Cc1cc(CNC(=O)C(N)C(C)C)sc1C. The van der Waals surface area contributed by atoms with E-state index in [4.69, 9.17) is 5.73 Å². The molecule has 1 heterocycles. The van der Waals surface area contributed by atoms with Crippen LogP contribution in [-0.2, 0) is 11.3 Å². The van der Waals surface area contributed by atoms with E-state index in [1.807, 2.05) is 13.8 Å². The third kappa shape index (κ3) is 3.32. The molecular weight excluding hydrogens is 220 g/mol. The topological polar surface area (TPSA) is 55.1 Å². The number of hydrogen-bond acceptors (Lipinski definition) is 3. The van der Waals surface area contributed by atoms with Gasteiger partial charge in [-0.1, -0.05) is 13.8 Å². The number of aryl methyl sites for hydroxylation is 2. The molecule has 1 unspecified atom stereocenters. The molecule has 3 N–H and O–H groups in total. The molecule has 1 atom stereocenters. The van der Waals surface area contributed by atoms with Crippen LogP contribution in [0.4, 0.5) is 0 Å². The average Bonchev–Trinajstić information content (AvgIpc) is 2.53. The van der Waals surface area contributed by atoms with Crippen molar-refractivity contribution in [1.29, 1.82) is 0 Å². The van der Waals surface area contributed by atoms with Gasteiger partial charge in [-0.25, -0.2) is 0 Å². The van der Waals surface area contributed by atoms with Crippen molar-refractivity contribution in [2.24, 2.45) is 11.7 Å². The van der Waals surface area contributed by atoms with Crippen molar-refractivity contribution < 1.29 is 4.79 Å². The minimum absolute atomic E-state index is 0.0706. The molecule has 0 spiro atoms. The van der Waals surface area contributed by atoms with Crippen LogP contribution >= 0.6 is 11.3 Å². The van der Waals surface area contributed by atoms with E-state index >= 15 is 0 Å². The predicted molar refractivity (Wildman–Crippen MR) is 68.5 cm³/mol. The molecule has 0 saturated carbocycles. The van der Waals surface area contributed by atoms with Crippen molar-refractivity contribution in [2.45, 2.75) is 40.3 Å². The Kier molecular flexibility index (Phi) is 4.50. The lowest BCUT2D eigenvalue weighted by Gasteiger charge is -2.14. The van der Waals surface area contributed by atoms with E-state index in [0.717, 1.165) is 0 Å². The third-order valence-corrected chi connectivity index (χ3v) is 3.83. The number of amides is 1. The van der Waals surface area contributed by atoms with Gasteiger partial charge in [0.25, 0.3) is 0 Å². The molecule has 0 radical (unpaired) electrons. The molecule has 3 nitrogen and oxygen atoms in total. The van der Waals surface area contributed by atoms with E-state index < -0.39 is 6.04 Å². The van der Waals surface area contributed by atoms with Gasteiger partial charge in [-0.3, -0.25) is 4.79 Å². The molecule has 16 heavy (non-hydrogen) atoms. The third-order valence-electron chi connectivity index (χ3n) is 2.67. The number of carbonyl (C=O) groups excluding carboxylic acids is 1. The van der Waals surface area contributed by atoms with Crippen molar-refractivity contribution in [3.05, 3.63) is 21.4 Å². The van der Waals surface area contributed by atoms with E-state index in [1.54, 1.807) is 11.3 Å². The average molecular weight is 240 g/mol. The number of rotatable bonds is 4. The summed E-state index contributed by atoms with van der Waals surface area (Å²) < 4.78 is 0. The van der Waals surface area contributed by atoms with E-state index in [2.05, 4.69) is 25.2 Å². The molecule has 0 saturated heterocycles. The molecule has 1 aromatic rings. The van der Waals surface area contributed by atoms with E-state index in [-0.39, 0.29) is 11.8 Å². The Morgan fingerprint density at radius 1 is 1.50 bits per heavy atom. The smallest absolute Gasteiger partial charge is 0.237 e. The number of hydrogen-bond donors (Lipinski definition) is 2.